The standard InChI is InChI=1S/C22H22Cl2N2O6S/c1-4-32-21(28)22(13-6-5-7-15(10-13)26-33(3,29)30)16(8-9-19(27)31-2)20-17(24)11-14(23)12-18(20)25-22/h5-12,16,25-26H,4H2,1-3H3. The lowest BCUT2D eigenvalue weighted by atomic mass is 9.77. The zero-order chi connectivity index (χ0) is 24.4. The molecule has 0 radical (unpaired) electrons. The van der Waals surface area contributed by atoms with E-state index in [4.69, 9.17) is 32.7 Å². The summed E-state index contributed by atoms with van der Waals surface area (Å²) in [5.74, 6) is -2.09. The summed E-state index contributed by atoms with van der Waals surface area (Å²) in [6.45, 7) is 1.75. The molecule has 0 amide bonds. The van der Waals surface area contributed by atoms with Gasteiger partial charge in [0.2, 0.25) is 10.0 Å². The van der Waals surface area contributed by atoms with E-state index in [9.17, 15) is 18.0 Å². The van der Waals surface area contributed by atoms with Crippen molar-refractivity contribution in [2.24, 2.45) is 0 Å². The van der Waals surface area contributed by atoms with Crippen molar-refractivity contribution >= 4 is 56.5 Å². The smallest absolute Gasteiger partial charge is 0.337 e. The van der Waals surface area contributed by atoms with E-state index in [1.165, 1.54) is 31.4 Å². The normalized spacial score (nSPS) is 19.6. The third kappa shape index (κ3) is 5.10. The number of carbonyl (C=O) groups excluding carboxylic acids is 2. The minimum absolute atomic E-state index is 0.0851. The predicted octanol–water partition coefficient (Wildman–Crippen LogP) is 4.06. The van der Waals surface area contributed by atoms with Crippen molar-refractivity contribution in [1.82, 2.24) is 0 Å². The maximum Gasteiger partial charge on any atom is 0.337 e. The molecule has 0 bridgehead atoms. The van der Waals surface area contributed by atoms with Crippen molar-refractivity contribution in [2.75, 3.05) is 30.0 Å². The Hall–Kier alpha value is -2.75. The molecule has 2 aromatic carbocycles. The molecule has 2 atom stereocenters. The van der Waals surface area contributed by atoms with Crippen LogP contribution in [-0.2, 0) is 34.6 Å². The molecule has 2 N–H and O–H groups in total. The lowest BCUT2D eigenvalue weighted by Gasteiger charge is -2.33. The first-order chi connectivity index (χ1) is 15.5. The Balaban J connectivity index is 2.29. The second-order valence-electron chi connectivity index (χ2n) is 7.32. The maximum atomic E-state index is 13.5. The van der Waals surface area contributed by atoms with Crippen molar-refractivity contribution in [3.05, 3.63) is 69.7 Å². The van der Waals surface area contributed by atoms with Crippen LogP contribution in [-0.4, -0.2) is 40.3 Å². The fourth-order valence-corrected chi connectivity index (χ4v) is 4.99. The van der Waals surface area contributed by atoms with Gasteiger partial charge in [-0.15, -0.1) is 0 Å². The second-order valence-corrected chi connectivity index (χ2v) is 9.91. The largest absolute Gasteiger partial charge is 0.466 e. The van der Waals surface area contributed by atoms with Gasteiger partial charge in [-0.2, -0.15) is 0 Å². The van der Waals surface area contributed by atoms with Gasteiger partial charge in [0.05, 0.1) is 20.0 Å². The van der Waals surface area contributed by atoms with Crippen LogP contribution in [0.4, 0.5) is 11.4 Å². The van der Waals surface area contributed by atoms with Crippen LogP contribution in [0.5, 0.6) is 0 Å². The summed E-state index contributed by atoms with van der Waals surface area (Å²) in [5, 5.41) is 3.81. The quantitative estimate of drug-likeness (QED) is 0.424. The van der Waals surface area contributed by atoms with Gasteiger partial charge in [-0.1, -0.05) is 41.4 Å². The molecule has 0 aliphatic carbocycles. The highest BCUT2D eigenvalue weighted by Gasteiger charge is 2.54. The maximum absolute atomic E-state index is 13.5. The number of nitrogens with one attached hydrogen (secondary N) is 2. The van der Waals surface area contributed by atoms with Gasteiger partial charge in [0.25, 0.3) is 0 Å². The Bertz CT molecular complexity index is 1230. The number of hydrogen-bond donors (Lipinski definition) is 2. The molecule has 176 valence electrons. The predicted molar refractivity (Wildman–Crippen MR) is 127 cm³/mol. The van der Waals surface area contributed by atoms with Crippen LogP contribution in [0.3, 0.4) is 0 Å². The van der Waals surface area contributed by atoms with Gasteiger partial charge in [0.15, 0.2) is 5.54 Å². The van der Waals surface area contributed by atoms with Gasteiger partial charge in [-0.05, 0) is 36.8 Å². The minimum atomic E-state index is -3.57. The topological polar surface area (TPSA) is 111 Å². The van der Waals surface area contributed by atoms with E-state index < -0.39 is 33.4 Å². The Kier molecular flexibility index (Phi) is 7.26. The van der Waals surface area contributed by atoms with Crippen molar-refractivity contribution < 1.29 is 27.5 Å². The highest BCUT2D eigenvalue weighted by Crippen LogP contribution is 2.53. The van der Waals surface area contributed by atoms with Gasteiger partial charge in [0, 0.05) is 39.0 Å². The van der Waals surface area contributed by atoms with E-state index in [2.05, 4.69) is 10.0 Å². The first-order valence-electron chi connectivity index (χ1n) is 9.80. The van der Waals surface area contributed by atoms with Gasteiger partial charge < -0.3 is 14.8 Å². The average molecular weight is 513 g/mol. The van der Waals surface area contributed by atoms with Gasteiger partial charge in [-0.25, -0.2) is 18.0 Å². The third-order valence-electron chi connectivity index (χ3n) is 5.05. The molecule has 0 saturated carbocycles. The lowest BCUT2D eigenvalue weighted by molar-refractivity contribution is -0.149. The highest BCUT2D eigenvalue weighted by molar-refractivity contribution is 7.92. The molecule has 2 aromatic rings. The molecule has 1 heterocycles. The van der Waals surface area contributed by atoms with Gasteiger partial charge in [-0.3, -0.25) is 4.72 Å². The number of hydrogen-bond acceptors (Lipinski definition) is 7. The van der Waals surface area contributed by atoms with Crippen LogP contribution in [0.2, 0.25) is 10.0 Å². The highest BCUT2D eigenvalue weighted by atomic mass is 35.5. The summed E-state index contributed by atoms with van der Waals surface area (Å²) in [6, 6.07) is 9.47. The lowest BCUT2D eigenvalue weighted by Crippen LogP contribution is -2.45. The summed E-state index contributed by atoms with van der Waals surface area (Å²) in [7, 11) is -2.34. The number of fused-ring (bicyclic) bond motifs is 1. The first-order valence-corrected chi connectivity index (χ1v) is 12.5. The monoisotopic (exact) mass is 512 g/mol. The van der Waals surface area contributed by atoms with Crippen molar-refractivity contribution in [3.8, 4) is 0 Å². The number of benzene rings is 2. The fourth-order valence-electron chi connectivity index (χ4n) is 3.83. The minimum Gasteiger partial charge on any atom is -0.466 e. The molecule has 3 rings (SSSR count). The number of halogens is 2. The van der Waals surface area contributed by atoms with Gasteiger partial charge >= 0.3 is 11.9 Å². The average Bonchev–Trinajstić information content (AvgIpc) is 3.06. The first kappa shape index (κ1) is 24.9. The van der Waals surface area contributed by atoms with Crippen molar-refractivity contribution in [3.63, 3.8) is 0 Å². The van der Waals surface area contributed by atoms with E-state index in [0.29, 0.717) is 21.8 Å². The van der Waals surface area contributed by atoms with Crippen molar-refractivity contribution in [2.45, 2.75) is 18.4 Å². The van der Waals surface area contributed by atoms with Crippen LogP contribution >= 0.6 is 23.2 Å². The molecule has 11 heteroatoms. The van der Waals surface area contributed by atoms with E-state index >= 15 is 0 Å². The van der Waals surface area contributed by atoms with Gasteiger partial charge in [0.1, 0.15) is 0 Å². The number of sulfonamides is 1. The van der Waals surface area contributed by atoms with E-state index in [0.717, 1.165) is 6.26 Å². The molecule has 0 aromatic heterocycles. The molecule has 0 fully saturated rings. The molecule has 1 aliphatic rings. The van der Waals surface area contributed by atoms with Crippen LogP contribution in [0.25, 0.3) is 0 Å². The van der Waals surface area contributed by atoms with E-state index in [1.54, 1.807) is 31.2 Å². The molecule has 0 saturated heterocycles. The van der Waals surface area contributed by atoms with E-state index in [-0.39, 0.29) is 17.3 Å². The Morgan fingerprint density at radius 2 is 1.97 bits per heavy atom. The Labute approximate surface area is 201 Å². The van der Waals surface area contributed by atoms with Crippen LogP contribution in [0.15, 0.2) is 48.6 Å². The van der Waals surface area contributed by atoms with Crippen LogP contribution in [0.1, 0.15) is 24.0 Å². The zero-order valence-electron chi connectivity index (χ0n) is 18.0. The SMILES string of the molecule is CCOC(=O)C1(c2cccc(NS(C)(=O)=O)c2)Nc2cc(Cl)cc(Cl)c2C1C=CC(=O)OC. The summed E-state index contributed by atoms with van der Waals surface area (Å²) < 4.78 is 36.1. The zero-order valence-corrected chi connectivity index (χ0v) is 20.3. The number of rotatable bonds is 7. The molecular formula is C22H22Cl2N2O6S. The van der Waals surface area contributed by atoms with Crippen LogP contribution in [0, 0.1) is 0 Å². The number of methoxy groups -OCH3 is 1. The number of carbonyl (C=O) groups is 2. The Morgan fingerprint density at radius 3 is 2.61 bits per heavy atom. The molecular weight excluding hydrogens is 491 g/mol. The molecule has 33 heavy (non-hydrogen) atoms. The molecule has 2 unspecified atom stereocenters. The van der Waals surface area contributed by atoms with Crippen LogP contribution < -0.4 is 10.0 Å². The van der Waals surface area contributed by atoms with Crippen molar-refractivity contribution in [1.29, 1.82) is 0 Å². The van der Waals surface area contributed by atoms with E-state index in [1.807, 2.05) is 0 Å². The molecule has 0 spiro atoms. The summed E-state index contributed by atoms with van der Waals surface area (Å²) in [5.41, 5.74) is 0.0536. The molecule has 1 aliphatic heterocycles. The fraction of sp³-hybridized carbons (Fsp3) is 0.273. The number of ether oxygens (including phenoxy) is 2. The Morgan fingerprint density at radius 1 is 1.24 bits per heavy atom. The third-order valence-corrected chi connectivity index (χ3v) is 6.19. The summed E-state index contributed by atoms with van der Waals surface area (Å²) in [4.78, 5) is 25.4. The summed E-state index contributed by atoms with van der Waals surface area (Å²) in [6.07, 6.45) is 3.71. The number of esters is 2. The molecule has 8 nitrogen and oxygen atoms in total. The second kappa shape index (κ2) is 9.62. The summed E-state index contributed by atoms with van der Waals surface area (Å²) >= 11 is 12.7. The number of anilines is 2.